The summed E-state index contributed by atoms with van der Waals surface area (Å²) in [5.74, 6) is 0.596. The normalized spacial score (nSPS) is 18.1. The molecule has 0 aliphatic carbocycles. The first-order valence-corrected chi connectivity index (χ1v) is 10.2. The van der Waals surface area contributed by atoms with Crippen molar-refractivity contribution in [3.05, 3.63) is 56.9 Å². The van der Waals surface area contributed by atoms with E-state index in [0.717, 1.165) is 5.52 Å². The van der Waals surface area contributed by atoms with Gasteiger partial charge in [-0.05, 0) is 31.2 Å². The molecule has 2 aromatic heterocycles. The Morgan fingerprint density at radius 1 is 1.24 bits per heavy atom. The van der Waals surface area contributed by atoms with Crippen LogP contribution in [0.5, 0.6) is 0 Å². The summed E-state index contributed by atoms with van der Waals surface area (Å²) in [5.41, 5.74) is 1.78. The maximum Gasteiger partial charge on any atom is 0.320 e. The van der Waals surface area contributed by atoms with E-state index >= 15 is 0 Å². The summed E-state index contributed by atoms with van der Waals surface area (Å²) < 4.78 is 0. The molecule has 0 bridgehead atoms. The largest absolute Gasteiger partial charge is 0.386 e. The number of aromatic nitrogens is 3. The Kier molecular flexibility index (Phi) is 5.57. The van der Waals surface area contributed by atoms with E-state index in [2.05, 4.69) is 15.0 Å². The van der Waals surface area contributed by atoms with E-state index in [1.54, 1.807) is 40.1 Å². The molecule has 152 valence electrons. The second kappa shape index (κ2) is 7.99. The summed E-state index contributed by atoms with van der Waals surface area (Å²) in [6, 6.07) is 7.79. The van der Waals surface area contributed by atoms with Crippen LogP contribution in [0.2, 0.25) is 15.2 Å². The SMILES string of the molecule is CCN1C(=O)N(Cc2nc3nc(Cl)ccc3[nH]2)CC1C(O)c1ccc(Cl)cc1Cl. The van der Waals surface area contributed by atoms with E-state index in [4.69, 9.17) is 34.8 Å². The number of carbonyl (C=O) groups is 1. The van der Waals surface area contributed by atoms with Gasteiger partial charge in [0.1, 0.15) is 17.1 Å². The minimum absolute atomic E-state index is 0.173. The number of H-pyrrole nitrogens is 1. The third-order valence-corrected chi connectivity index (χ3v) is 5.78. The van der Waals surface area contributed by atoms with Gasteiger partial charge in [-0.25, -0.2) is 14.8 Å². The maximum absolute atomic E-state index is 12.9. The van der Waals surface area contributed by atoms with Gasteiger partial charge in [0, 0.05) is 28.7 Å². The fourth-order valence-corrected chi connectivity index (χ4v) is 4.29. The number of fused-ring (bicyclic) bond motifs is 1. The number of amides is 2. The fraction of sp³-hybridized carbons (Fsp3) is 0.316. The zero-order valence-electron chi connectivity index (χ0n) is 15.4. The number of carbonyl (C=O) groups excluding carboxylic acids is 1. The molecule has 2 amide bonds. The van der Waals surface area contributed by atoms with Crippen molar-refractivity contribution in [1.82, 2.24) is 24.8 Å². The van der Waals surface area contributed by atoms with Gasteiger partial charge in [-0.2, -0.15) is 0 Å². The summed E-state index contributed by atoms with van der Waals surface area (Å²) in [6.45, 7) is 2.93. The summed E-state index contributed by atoms with van der Waals surface area (Å²) in [5, 5.41) is 12.2. The van der Waals surface area contributed by atoms with Gasteiger partial charge in [-0.3, -0.25) is 0 Å². The highest BCUT2D eigenvalue weighted by atomic mass is 35.5. The molecule has 2 N–H and O–H groups in total. The lowest BCUT2D eigenvalue weighted by atomic mass is 10.0. The second-order valence-corrected chi connectivity index (χ2v) is 8.05. The molecule has 10 heteroatoms. The average Bonchev–Trinajstić information content (AvgIpc) is 3.21. The van der Waals surface area contributed by atoms with Crippen molar-refractivity contribution in [3.8, 4) is 0 Å². The van der Waals surface area contributed by atoms with E-state index < -0.39 is 12.1 Å². The van der Waals surface area contributed by atoms with Crippen LogP contribution in [-0.2, 0) is 6.54 Å². The number of aliphatic hydroxyl groups excluding tert-OH is 1. The topological polar surface area (TPSA) is 85.4 Å². The molecule has 0 spiro atoms. The van der Waals surface area contributed by atoms with Gasteiger partial charge in [0.05, 0.1) is 18.1 Å². The molecule has 3 aromatic rings. The molecule has 29 heavy (non-hydrogen) atoms. The molecule has 1 aromatic carbocycles. The molecule has 7 nitrogen and oxygen atoms in total. The molecular weight excluding hydrogens is 437 g/mol. The van der Waals surface area contributed by atoms with Crippen LogP contribution in [0.25, 0.3) is 11.2 Å². The van der Waals surface area contributed by atoms with E-state index in [-0.39, 0.29) is 12.6 Å². The Balaban J connectivity index is 1.57. The molecule has 0 saturated carbocycles. The Hall–Kier alpha value is -2.06. The van der Waals surface area contributed by atoms with E-state index in [9.17, 15) is 9.90 Å². The van der Waals surface area contributed by atoms with Gasteiger partial charge in [0.2, 0.25) is 0 Å². The molecule has 3 heterocycles. The zero-order chi connectivity index (χ0) is 20.7. The average molecular weight is 455 g/mol. The van der Waals surface area contributed by atoms with Crippen LogP contribution in [-0.4, -0.2) is 55.0 Å². The number of pyridine rings is 1. The lowest BCUT2D eigenvalue weighted by Gasteiger charge is -2.26. The Bertz CT molecular complexity index is 1070. The van der Waals surface area contributed by atoms with E-state index in [1.807, 2.05) is 6.92 Å². The molecule has 1 fully saturated rings. The van der Waals surface area contributed by atoms with Crippen LogP contribution < -0.4 is 0 Å². The van der Waals surface area contributed by atoms with Gasteiger partial charge in [0.25, 0.3) is 0 Å². The number of urea groups is 1. The predicted molar refractivity (Wildman–Crippen MR) is 112 cm³/mol. The van der Waals surface area contributed by atoms with Gasteiger partial charge >= 0.3 is 6.03 Å². The van der Waals surface area contributed by atoms with Gasteiger partial charge in [0.15, 0.2) is 5.65 Å². The number of hydrogen-bond acceptors (Lipinski definition) is 4. The highest BCUT2D eigenvalue weighted by Gasteiger charge is 2.41. The number of imidazole rings is 1. The standard InChI is InChI=1S/C19H18Cl3N5O2/c1-2-27-14(17(28)11-4-3-10(20)7-12(11)21)8-26(19(27)29)9-16-23-13-5-6-15(22)24-18(13)25-16/h3-7,14,17,28H,2,8-9H2,1H3,(H,23,24,25). The van der Waals surface area contributed by atoms with Crippen molar-refractivity contribution in [2.24, 2.45) is 0 Å². The summed E-state index contributed by atoms with van der Waals surface area (Å²) in [7, 11) is 0. The van der Waals surface area contributed by atoms with E-state index in [1.165, 1.54) is 0 Å². The molecule has 4 rings (SSSR count). The predicted octanol–water partition coefficient (Wildman–Crippen LogP) is 4.28. The molecule has 2 atom stereocenters. The lowest BCUT2D eigenvalue weighted by Crippen LogP contribution is -2.38. The molecule has 1 saturated heterocycles. The summed E-state index contributed by atoms with van der Waals surface area (Å²) >= 11 is 18.1. The lowest BCUT2D eigenvalue weighted by molar-refractivity contribution is 0.0897. The van der Waals surface area contributed by atoms with Crippen LogP contribution in [0, 0.1) is 0 Å². The highest BCUT2D eigenvalue weighted by Crippen LogP contribution is 2.33. The zero-order valence-corrected chi connectivity index (χ0v) is 17.7. The second-order valence-electron chi connectivity index (χ2n) is 6.82. The number of nitrogens with one attached hydrogen (secondary N) is 1. The summed E-state index contributed by atoms with van der Waals surface area (Å²) in [4.78, 5) is 27.9. The van der Waals surface area contributed by atoms with Crippen LogP contribution in [0.3, 0.4) is 0 Å². The Labute approximate surface area is 182 Å². The van der Waals surface area contributed by atoms with Gasteiger partial charge in [-0.1, -0.05) is 40.9 Å². The first kappa shape index (κ1) is 20.2. The molecule has 1 aliphatic rings. The van der Waals surface area contributed by atoms with Crippen LogP contribution >= 0.6 is 34.8 Å². The first-order valence-electron chi connectivity index (χ1n) is 9.07. The van der Waals surface area contributed by atoms with Crippen molar-refractivity contribution >= 4 is 52.0 Å². The quantitative estimate of drug-likeness (QED) is 0.564. The van der Waals surface area contributed by atoms with Crippen molar-refractivity contribution < 1.29 is 9.90 Å². The first-order chi connectivity index (χ1) is 13.9. The number of rotatable bonds is 5. The molecule has 0 radical (unpaired) electrons. The van der Waals surface area contributed by atoms with Gasteiger partial charge in [-0.15, -0.1) is 0 Å². The number of nitrogens with zero attached hydrogens (tertiary/aromatic N) is 4. The van der Waals surface area contributed by atoms with E-state index in [0.29, 0.717) is 45.3 Å². The smallest absolute Gasteiger partial charge is 0.320 e. The third kappa shape index (κ3) is 3.88. The van der Waals surface area contributed by atoms with Crippen molar-refractivity contribution in [3.63, 3.8) is 0 Å². The fourth-order valence-electron chi connectivity index (χ4n) is 3.62. The molecule has 1 aliphatic heterocycles. The number of benzene rings is 1. The van der Waals surface area contributed by atoms with Crippen LogP contribution in [0.4, 0.5) is 4.79 Å². The summed E-state index contributed by atoms with van der Waals surface area (Å²) in [6.07, 6.45) is -0.940. The monoisotopic (exact) mass is 453 g/mol. The molecule has 2 unspecified atom stereocenters. The third-order valence-electron chi connectivity index (χ3n) is 5.01. The number of hydrogen-bond donors (Lipinski definition) is 2. The number of aromatic amines is 1. The maximum atomic E-state index is 12.9. The minimum atomic E-state index is -0.940. The Morgan fingerprint density at radius 2 is 2.03 bits per heavy atom. The van der Waals surface area contributed by atoms with Crippen LogP contribution in [0.1, 0.15) is 24.4 Å². The number of halogens is 3. The minimum Gasteiger partial charge on any atom is -0.386 e. The van der Waals surface area contributed by atoms with Crippen LogP contribution in [0.15, 0.2) is 30.3 Å². The van der Waals surface area contributed by atoms with Gasteiger partial charge < -0.3 is 19.9 Å². The Morgan fingerprint density at radius 3 is 2.76 bits per heavy atom. The van der Waals surface area contributed by atoms with Crippen molar-refractivity contribution in [2.75, 3.05) is 13.1 Å². The van der Waals surface area contributed by atoms with Crippen molar-refractivity contribution in [2.45, 2.75) is 25.6 Å². The highest BCUT2D eigenvalue weighted by molar-refractivity contribution is 6.35. The number of aliphatic hydroxyl groups is 1. The number of likely N-dealkylation sites (N-methyl/N-ethyl adjacent to an activating group) is 1. The van der Waals surface area contributed by atoms with Crippen molar-refractivity contribution in [1.29, 1.82) is 0 Å². The molecular formula is C19H18Cl3N5O2.